The van der Waals surface area contributed by atoms with Crippen LogP contribution in [0.1, 0.15) is 71.6 Å². The molecule has 0 bridgehead atoms. The van der Waals surface area contributed by atoms with Crippen LogP contribution in [-0.2, 0) is 19.2 Å². The van der Waals surface area contributed by atoms with E-state index in [1.807, 2.05) is 14.0 Å². The van der Waals surface area contributed by atoms with Crippen LogP contribution in [0.5, 0.6) is 0 Å². The maximum Gasteiger partial charge on any atom is 0.303 e. The van der Waals surface area contributed by atoms with Gasteiger partial charge in [0, 0.05) is 18.8 Å². The molecule has 0 aromatic heterocycles. The average molecular weight is 474 g/mol. The van der Waals surface area contributed by atoms with Crippen molar-refractivity contribution in [3.05, 3.63) is 0 Å². The topological polar surface area (TPSA) is 183 Å². The Morgan fingerprint density at radius 2 is 1.52 bits per heavy atom. The van der Waals surface area contributed by atoms with Crippen molar-refractivity contribution in [3.8, 4) is 0 Å². The summed E-state index contributed by atoms with van der Waals surface area (Å²) in [5.41, 5.74) is 5.54. The molecule has 11 heteroatoms. The van der Waals surface area contributed by atoms with Gasteiger partial charge in [-0.05, 0) is 58.7 Å². The molecular weight excluding hydrogens is 430 g/mol. The average Bonchev–Trinajstić information content (AvgIpc) is 2.77. The van der Waals surface area contributed by atoms with E-state index < -0.39 is 36.1 Å². The van der Waals surface area contributed by atoms with Gasteiger partial charge in [-0.15, -0.1) is 0 Å². The van der Waals surface area contributed by atoms with Crippen molar-refractivity contribution in [3.63, 3.8) is 0 Å². The molecule has 0 rings (SSSR count). The highest BCUT2D eigenvalue weighted by Gasteiger charge is 2.28. The number of carbonyl (C=O) groups is 4. The lowest BCUT2D eigenvalue weighted by molar-refractivity contribution is -0.138. The molecule has 3 amide bonds. The first-order valence-electron chi connectivity index (χ1n) is 11.8. The largest absolute Gasteiger partial charge is 0.481 e. The number of aliphatic hydroxyl groups is 1. The monoisotopic (exact) mass is 473 g/mol. The van der Waals surface area contributed by atoms with Crippen molar-refractivity contribution >= 4 is 23.7 Å². The van der Waals surface area contributed by atoms with E-state index >= 15 is 0 Å². The molecule has 0 fully saturated rings. The van der Waals surface area contributed by atoms with Crippen LogP contribution >= 0.6 is 0 Å². The number of aliphatic hydroxyl groups excluding tert-OH is 1. The fourth-order valence-electron chi connectivity index (χ4n) is 3.04. The molecule has 0 radical (unpaired) electrons. The van der Waals surface area contributed by atoms with E-state index in [-0.39, 0.29) is 37.5 Å². The van der Waals surface area contributed by atoms with E-state index in [1.54, 1.807) is 6.92 Å². The second-order valence-corrected chi connectivity index (χ2v) is 8.30. The van der Waals surface area contributed by atoms with Crippen LogP contribution in [0.3, 0.4) is 0 Å². The Morgan fingerprint density at radius 1 is 0.879 bits per heavy atom. The standard InChI is InChI=1S/C22H43N5O6/c1-4-15(2)20(31)27-22(33)16(9-8-13-23)26-21(32)17(11-12-19(29)30)25-18(28)10-6-5-7-14-24-3/h15-17,20,24,31H,4-14,23H2,1-3H3,(H,25,28)(H,26,32)(H,27,33)(H,29,30). The number of unbranched alkanes of at least 4 members (excludes halogenated alkanes) is 2. The number of aliphatic carboxylic acids is 1. The summed E-state index contributed by atoms with van der Waals surface area (Å²) in [6.45, 7) is 4.82. The molecule has 0 heterocycles. The van der Waals surface area contributed by atoms with Gasteiger partial charge < -0.3 is 37.2 Å². The first kappa shape index (κ1) is 30.8. The van der Waals surface area contributed by atoms with Gasteiger partial charge in [-0.3, -0.25) is 19.2 Å². The fourth-order valence-corrected chi connectivity index (χ4v) is 3.04. The summed E-state index contributed by atoms with van der Waals surface area (Å²) < 4.78 is 0. The molecule has 11 nitrogen and oxygen atoms in total. The van der Waals surface area contributed by atoms with E-state index in [4.69, 9.17) is 10.8 Å². The van der Waals surface area contributed by atoms with Gasteiger partial charge in [-0.25, -0.2) is 0 Å². The van der Waals surface area contributed by atoms with Crippen molar-refractivity contribution in [2.75, 3.05) is 20.1 Å². The highest BCUT2D eigenvalue weighted by molar-refractivity contribution is 5.92. The highest BCUT2D eigenvalue weighted by atomic mass is 16.4. The molecule has 0 saturated heterocycles. The van der Waals surface area contributed by atoms with Crippen LogP contribution < -0.4 is 27.0 Å². The number of carbonyl (C=O) groups excluding carboxylic acids is 3. The first-order valence-corrected chi connectivity index (χ1v) is 11.8. The summed E-state index contributed by atoms with van der Waals surface area (Å²) in [6, 6.07) is -2.05. The van der Waals surface area contributed by atoms with E-state index in [2.05, 4.69) is 21.3 Å². The zero-order valence-corrected chi connectivity index (χ0v) is 20.2. The Labute approximate surface area is 196 Å². The molecule has 0 spiro atoms. The number of hydrogen-bond acceptors (Lipinski definition) is 7. The third-order valence-corrected chi connectivity index (χ3v) is 5.43. The minimum atomic E-state index is -1.09. The summed E-state index contributed by atoms with van der Waals surface area (Å²) in [7, 11) is 1.85. The molecule has 0 aliphatic rings. The smallest absolute Gasteiger partial charge is 0.303 e. The van der Waals surface area contributed by atoms with Gasteiger partial charge in [-0.2, -0.15) is 0 Å². The predicted octanol–water partition coefficient (Wildman–Crippen LogP) is -0.180. The zero-order chi connectivity index (χ0) is 25.2. The Bertz CT molecular complexity index is 604. The summed E-state index contributed by atoms with van der Waals surface area (Å²) in [6.07, 6.45) is 2.51. The van der Waals surface area contributed by atoms with Crippen LogP contribution in [-0.4, -0.2) is 72.4 Å². The van der Waals surface area contributed by atoms with E-state index in [0.29, 0.717) is 25.8 Å². The normalized spacial score (nSPS) is 14.6. The van der Waals surface area contributed by atoms with Gasteiger partial charge in [0.2, 0.25) is 17.7 Å². The van der Waals surface area contributed by atoms with E-state index in [1.165, 1.54) is 0 Å². The minimum Gasteiger partial charge on any atom is -0.481 e. The van der Waals surface area contributed by atoms with Crippen LogP contribution in [0.2, 0.25) is 0 Å². The molecule has 4 unspecified atom stereocenters. The predicted molar refractivity (Wildman–Crippen MR) is 125 cm³/mol. The first-order chi connectivity index (χ1) is 15.7. The van der Waals surface area contributed by atoms with Crippen LogP contribution in [0.4, 0.5) is 0 Å². The molecule has 0 aliphatic heterocycles. The Hall–Kier alpha value is -2.24. The van der Waals surface area contributed by atoms with Crippen molar-refractivity contribution in [1.29, 1.82) is 0 Å². The number of rotatable bonds is 19. The number of nitrogens with one attached hydrogen (secondary N) is 4. The molecule has 0 aromatic rings. The highest BCUT2D eigenvalue weighted by Crippen LogP contribution is 2.08. The summed E-state index contributed by atoms with van der Waals surface area (Å²) >= 11 is 0. The molecule has 8 N–H and O–H groups in total. The third kappa shape index (κ3) is 14.5. The second-order valence-electron chi connectivity index (χ2n) is 8.30. The number of carboxylic acid groups (broad SMARTS) is 1. The van der Waals surface area contributed by atoms with Gasteiger partial charge in [-0.1, -0.05) is 20.3 Å². The van der Waals surface area contributed by atoms with Gasteiger partial charge in [0.1, 0.15) is 18.3 Å². The molecule has 0 aromatic carbocycles. The Kier molecular flexibility index (Phi) is 17.0. The maximum atomic E-state index is 12.9. The van der Waals surface area contributed by atoms with Crippen molar-refractivity contribution in [2.24, 2.45) is 11.7 Å². The molecule has 0 saturated carbocycles. The van der Waals surface area contributed by atoms with Gasteiger partial charge >= 0.3 is 5.97 Å². The quantitative estimate of drug-likeness (QED) is 0.0995. The number of amides is 3. The van der Waals surface area contributed by atoms with Gasteiger partial charge in [0.05, 0.1) is 0 Å². The number of nitrogens with two attached hydrogens (primary N) is 1. The van der Waals surface area contributed by atoms with E-state index in [0.717, 1.165) is 19.4 Å². The SMILES string of the molecule is CCC(C)C(O)NC(=O)C(CCCN)NC(=O)C(CCC(=O)O)NC(=O)CCCCCNC. The van der Waals surface area contributed by atoms with Crippen molar-refractivity contribution in [1.82, 2.24) is 21.3 Å². The van der Waals surface area contributed by atoms with Gasteiger partial charge in [0.15, 0.2) is 0 Å². The fraction of sp³-hybridized carbons (Fsp3) is 0.818. The Balaban J connectivity index is 5.11. The molecular formula is C22H43N5O6. The zero-order valence-electron chi connectivity index (χ0n) is 20.2. The molecule has 4 atom stereocenters. The van der Waals surface area contributed by atoms with Crippen molar-refractivity contribution in [2.45, 2.75) is 89.9 Å². The summed E-state index contributed by atoms with van der Waals surface area (Å²) in [5, 5.41) is 29.8. The van der Waals surface area contributed by atoms with Crippen LogP contribution in [0, 0.1) is 5.92 Å². The lowest BCUT2D eigenvalue weighted by atomic mass is 10.0. The Morgan fingerprint density at radius 3 is 2.09 bits per heavy atom. The van der Waals surface area contributed by atoms with Gasteiger partial charge in [0.25, 0.3) is 0 Å². The molecule has 0 aliphatic carbocycles. The van der Waals surface area contributed by atoms with Crippen LogP contribution in [0.25, 0.3) is 0 Å². The van der Waals surface area contributed by atoms with Crippen LogP contribution in [0.15, 0.2) is 0 Å². The van der Waals surface area contributed by atoms with Crippen molar-refractivity contribution < 1.29 is 29.4 Å². The lowest BCUT2D eigenvalue weighted by Gasteiger charge is -2.25. The van der Waals surface area contributed by atoms with E-state index in [9.17, 15) is 24.3 Å². The molecule has 33 heavy (non-hydrogen) atoms. The minimum absolute atomic E-state index is 0.104. The molecule has 192 valence electrons. The third-order valence-electron chi connectivity index (χ3n) is 5.43. The maximum absolute atomic E-state index is 12.9. The second kappa shape index (κ2) is 18.2. The lowest BCUT2D eigenvalue weighted by Crippen LogP contribution is -2.55. The number of hydrogen-bond donors (Lipinski definition) is 7. The number of carboxylic acids is 1. The summed E-state index contributed by atoms with van der Waals surface area (Å²) in [5.74, 6) is -2.81. The summed E-state index contributed by atoms with van der Waals surface area (Å²) in [4.78, 5) is 48.8.